The quantitative estimate of drug-likeness (QED) is 0.670. The summed E-state index contributed by atoms with van der Waals surface area (Å²) in [7, 11) is 0. The number of hydrogen-bond acceptors (Lipinski definition) is 3. The topological polar surface area (TPSA) is 58.4 Å². The highest BCUT2D eigenvalue weighted by atomic mass is 16.2. The van der Waals surface area contributed by atoms with E-state index in [0.29, 0.717) is 12.6 Å². The van der Waals surface area contributed by atoms with Crippen molar-refractivity contribution in [2.24, 2.45) is 5.73 Å². The summed E-state index contributed by atoms with van der Waals surface area (Å²) in [6.07, 6.45) is 4.63. The van der Waals surface area contributed by atoms with Crippen LogP contribution in [-0.4, -0.2) is 42.5 Å². The highest BCUT2D eigenvalue weighted by molar-refractivity contribution is 5.78. The van der Waals surface area contributed by atoms with Crippen molar-refractivity contribution in [3.05, 3.63) is 12.7 Å². The fraction of sp³-hybridized carbons (Fsp3) is 0.750. The summed E-state index contributed by atoms with van der Waals surface area (Å²) >= 11 is 0. The molecule has 0 aromatic carbocycles. The lowest BCUT2D eigenvalue weighted by Crippen LogP contribution is -2.46. The Labute approximate surface area is 97.9 Å². The van der Waals surface area contributed by atoms with Crippen LogP contribution in [0, 0.1) is 0 Å². The van der Waals surface area contributed by atoms with E-state index in [1.54, 1.807) is 0 Å². The summed E-state index contributed by atoms with van der Waals surface area (Å²) < 4.78 is 0. The van der Waals surface area contributed by atoms with Gasteiger partial charge in [-0.25, -0.2) is 0 Å². The third kappa shape index (κ3) is 4.77. The van der Waals surface area contributed by atoms with Crippen LogP contribution < -0.4 is 11.1 Å². The molecule has 1 aliphatic heterocycles. The van der Waals surface area contributed by atoms with Crippen LogP contribution in [0.25, 0.3) is 0 Å². The molecule has 0 bridgehead atoms. The Kier molecular flexibility index (Phi) is 5.49. The van der Waals surface area contributed by atoms with Crippen LogP contribution in [0.1, 0.15) is 26.2 Å². The van der Waals surface area contributed by atoms with E-state index < -0.39 is 0 Å². The van der Waals surface area contributed by atoms with Gasteiger partial charge in [-0.3, -0.25) is 9.69 Å². The van der Waals surface area contributed by atoms with Gasteiger partial charge in [-0.15, -0.1) is 6.58 Å². The lowest BCUT2D eigenvalue weighted by Gasteiger charge is -2.29. The first-order valence-corrected chi connectivity index (χ1v) is 6.00. The largest absolute Gasteiger partial charge is 0.352 e. The predicted octanol–water partition coefficient (Wildman–Crippen LogP) is 0.490. The number of carbonyl (C=O) groups excluding carboxylic acids is 1. The monoisotopic (exact) mass is 225 g/mol. The van der Waals surface area contributed by atoms with E-state index in [-0.39, 0.29) is 11.9 Å². The average Bonchev–Trinajstić information content (AvgIpc) is 2.21. The number of likely N-dealkylation sites (tertiary alicyclic amines) is 1. The van der Waals surface area contributed by atoms with Crippen molar-refractivity contribution in [1.82, 2.24) is 10.2 Å². The van der Waals surface area contributed by atoms with Gasteiger partial charge in [0.15, 0.2) is 0 Å². The summed E-state index contributed by atoms with van der Waals surface area (Å²) in [4.78, 5) is 13.8. The minimum absolute atomic E-state index is 0.102. The molecule has 1 rings (SSSR count). The molecule has 0 radical (unpaired) electrons. The molecule has 16 heavy (non-hydrogen) atoms. The second-order valence-electron chi connectivity index (χ2n) is 4.61. The maximum atomic E-state index is 11.7. The Bertz CT molecular complexity index is 234. The molecule has 4 nitrogen and oxygen atoms in total. The van der Waals surface area contributed by atoms with Gasteiger partial charge < -0.3 is 11.1 Å². The molecule has 1 heterocycles. The van der Waals surface area contributed by atoms with E-state index in [0.717, 1.165) is 32.4 Å². The Morgan fingerprint density at radius 1 is 1.62 bits per heavy atom. The lowest BCUT2D eigenvalue weighted by molar-refractivity contribution is -0.123. The number of nitrogens with zero attached hydrogens (tertiary/aromatic N) is 1. The van der Waals surface area contributed by atoms with Gasteiger partial charge in [-0.1, -0.05) is 6.08 Å². The fourth-order valence-electron chi connectivity index (χ4n) is 1.94. The summed E-state index contributed by atoms with van der Waals surface area (Å²) in [5.41, 5.74) is 5.81. The van der Waals surface area contributed by atoms with Crippen molar-refractivity contribution < 1.29 is 4.79 Å². The Morgan fingerprint density at radius 3 is 2.81 bits per heavy atom. The van der Waals surface area contributed by atoms with Crippen LogP contribution >= 0.6 is 0 Å². The molecule has 1 fully saturated rings. The van der Waals surface area contributed by atoms with E-state index in [4.69, 9.17) is 5.73 Å². The van der Waals surface area contributed by atoms with E-state index in [2.05, 4.69) is 16.8 Å². The van der Waals surface area contributed by atoms with Crippen molar-refractivity contribution in [3.8, 4) is 0 Å². The van der Waals surface area contributed by atoms with Crippen molar-refractivity contribution in [2.45, 2.75) is 38.3 Å². The van der Waals surface area contributed by atoms with Gasteiger partial charge in [0.1, 0.15) is 0 Å². The van der Waals surface area contributed by atoms with E-state index >= 15 is 0 Å². The van der Waals surface area contributed by atoms with Crippen molar-refractivity contribution >= 4 is 5.91 Å². The van der Waals surface area contributed by atoms with Crippen molar-refractivity contribution in [1.29, 1.82) is 0 Å². The number of rotatable bonds is 5. The third-order valence-electron chi connectivity index (χ3n) is 2.93. The molecular formula is C12H23N3O. The Balaban J connectivity index is 2.21. The molecule has 1 atom stereocenters. The van der Waals surface area contributed by atoms with Crippen molar-refractivity contribution in [3.63, 3.8) is 0 Å². The van der Waals surface area contributed by atoms with Crippen LogP contribution in [0.3, 0.4) is 0 Å². The number of piperidine rings is 1. The zero-order valence-corrected chi connectivity index (χ0v) is 10.1. The predicted molar refractivity (Wildman–Crippen MR) is 66.1 cm³/mol. The molecule has 1 amide bonds. The van der Waals surface area contributed by atoms with E-state index in [1.807, 2.05) is 13.0 Å². The molecule has 1 aliphatic rings. The van der Waals surface area contributed by atoms with Gasteiger partial charge >= 0.3 is 0 Å². The van der Waals surface area contributed by atoms with Crippen LogP contribution in [0.15, 0.2) is 12.7 Å². The van der Waals surface area contributed by atoms with E-state index in [1.165, 1.54) is 0 Å². The number of nitrogens with one attached hydrogen (secondary N) is 1. The Hall–Kier alpha value is -0.870. The standard InChI is InChI=1S/C12H23N3O/c1-3-4-10(2)14-12(16)9-15-7-5-11(13)6-8-15/h3,10-11H,1,4-9,13H2,2H3,(H,14,16). The van der Waals surface area contributed by atoms with Crippen LogP contribution in [-0.2, 0) is 4.79 Å². The molecule has 0 aromatic rings. The second kappa shape index (κ2) is 6.66. The molecule has 0 aromatic heterocycles. The molecule has 1 unspecified atom stereocenters. The highest BCUT2D eigenvalue weighted by Gasteiger charge is 2.18. The van der Waals surface area contributed by atoms with Gasteiger partial charge in [0.05, 0.1) is 6.54 Å². The van der Waals surface area contributed by atoms with Gasteiger partial charge in [0.25, 0.3) is 0 Å². The van der Waals surface area contributed by atoms with Gasteiger partial charge in [-0.2, -0.15) is 0 Å². The first-order chi connectivity index (χ1) is 7.61. The number of carbonyl (C=O) groups is 1. The Morgan fingerprint density at radius 2 is 2.25 bits per heavy atom. The van der Waals surface area contributed by atoms with E-state index in [9.17, 15) is 4.79 Å². The normalized spacial score (nSPS) is 20.4. The number of nitrogens with two attached hydrogens (primary N) is 1. The molecule has 3 N–H and O–H groups in total. The fourth-order valence-corrected chi connectivity index (χ4v) is 1.94. The maximum absolute atomic E-state index is 11.7. The molecule has 1 saturated heterocycles. The van der Waals surface area contributed by atoms with Crippen molar-refractivity contribution in [2.75, 3.05) is 19.6 Å². The lowest BCUT2D eigenvalue weighted by atomic mass is 10.1. The zero-order chi connectivity index (χ0) is 12.0. The molecule has 0 saturated carbocycles. The minimum Gasteiger partial charge on any atom is -0.352 e. The summed E-state index contributed by atoms with van der Waals surface area (Å²) in [5, 5.41) is 2.96. The number of hydrogen-bond donors (Lipinski definition) is 2. The third-order valence-corrected chi connectivity index (χ3v) is 2.93. The smallest absolute Gasteiger partial charge is 0.234 e. The molecule has 92 valence electrons. The summed E-state index contributed by atoms with van der Waals surface area (Å²) in [6.45, 7) is 8.01. The highest BCUT2D eigenvalue weighted by Crippen LogP contribution is 2.07. The summed E-state index contributed by atoms with van der Waals surface area (Å²) in [5.74, 6) is 0.102. The second-order valence-corrected chi connectivity index (χ2v) is 4.61. The van der Waals surface area contributed by atoms with Gasteiger partial charge in [0, 0.05) is 25.2 Å². The SMILES string of the molecule is C=CCC(C)NC(=O)CN1CCC(N)CC1. The average molecular weight is 225 g/mol. The zero-order valence-electron chi connectivity index (χ0n) is 10.1. The molecule has 0 aliphatic carbocycles. The van der Waals surface area contributed by atoms with Gasteiger partial charge in [0.2, 0.25) is 5.91 Å². The molecule has 0 spiro atoms. The molecule has 4 heteroatoms. The minimum atomic E-state index is 0.102. The van der Waals surface area contributed by atoms with Crippen LogP contribution in [0.5, 0.6) is 0 Å². The summed E-state index contributed by atoms with van der Waals surface area (Å²) in [6, 6.07) is 0.496. The first kappa shape index (κ1) is 13.2. The maximum Gasteiger partial charge on any atom is 0.234 e. The van der Waals surface area contributed by atoms with Gasteiger partial charge in [-0.05, 0) is 26.2 Å². The molecular weight excluding hydrogens is 202 g/mol. The van der Waals surface area contributed by atoms with Crippen LogP contribution in [0.4, 0.5) is 0 Å². The first-order valence-electron chi connectivity index (χ1n) is 6.00. The number of amides is 1. The van der Waals surface area contributed by atoms with Crippen LogP contribution in [0.2, 0.25) is 0 Å².